The minimum Gasteiger partial charge on any atom is -0.497 e. The van der Waals surface area contributed by atoms with Crippen molar-refractivity contribution in [1.29, 1.82) is 0 Å². The highest BCUT2D eigenvalue weighted by atomic mass is 16.5. The third-order valence-corrected chi connectivity index (χ3v) is 4.33. The van der Waals surface area contributed by atoms with Crippen LogP contribution in [0.3, 0.4) is 0 Å². The normalized spacial score (nSPS) is 24.0. The molecule has 1 aromatic carbocycles. The maximum atomic E-state index is 6.36. The van der Waals surface area contributed by atoms with Crippen molar-refractivity contribution < 1.29 is 14.2 Å². The lowest BCUT2D eigenvalue weighted by atomic mass is 9.82. The zero-order valence-corrected chi connectivity index (χ0v) is 12.3. The third-order valence-electron chi connectivity index (χ3n) is 4.33. The molecule has 1 fully saturated rings. The second kappa shape index (κ2) is 5.62. The zero-order chi connectivity index (χ0) is 14.0. The van der Waals surface area contributed by atoms with Crippen molar-refractivity contribution in [3.8, 4) is 11.5 Å². The average molecular weight is 277 g/mol. The molecule has 1 N–H and O–H groups in total. The zero-order valence-electron chi connectivity index (χ0n) is 12.3. The molecule has 0 radical (unpaired) electrons. The Bertz CT molecular complexity index is 469. The lowest BCUT2D eigenvalue weighted by Crippen LogP contribution is -2.49. The van der Waals surface area contributed by atoms with Crippen LogP contribution in [0.1, 0.15) is 37.9 Å². The summed E-state index contributed by atoms with van der Waals surface area (Å²) in [5.41, 5.74) is 1.06. The lowest BCUT2D eigenvalue weighted by molar-refractivity contribution is -0.0590. The Kier molecular flexibility index (Phi) is 3.85. The minimum atomic E-state index is -0.0628. The molecule has 2 heterocycles. The van der Waals surface area contributed by atoms with Crippen LogP contribution in [0.25, 0.3) is 0 Å². The molecule has 4 nitrogen and oxygen atoms in total. The smallest absolute Gasteiger partial charge is 0.126 e. The molecule has 0 aliphatic carbocycles. The van der Waals surface area contributed by atoms with E-state index in [-0.39, 0.29) is 11.7 Å². The average Bonchev–Trinajstić information content (AvgIpc) is 2.48. The summed E-state index contributed by atoms with van der Waals surface area (Å²) in [7, 11) is 1.69. The topological polar surface area (TPSA) is 39.7 Å². The SMILES string of the molecule is CCOC1CC2(CCNCC2)Oc2ccc(OC)cc21. The number of hydrogen-bond acceptors (Lipinski definition) is 4. The molecule has 0 bridgehead atoms. The standard InChI is InChI=1S/C16H23NO3/c1-3-19-15-11-16(6-8-17-9-7-16)20-14-5-4-12(18-2)10-13(14)15/h4-5,10,15,17H,3,6-9,11H2,1-2H3. The molecular formula is C16H23NO3. The molecule has 2 aliphatic heterocycles. The minimum absolute atomic E-state index is 0.0628. The molecule has 4 heteroatoms. The second-order valence-corrected chi connectivity index (χ2v) is 5.59. The maximum Gasteiger partial charge on any atom is 0.126 e. The first kappa shape index (κ1) is 13.7. The maximum absolute atomic E-state index is 6.36. The Morgan fingerprint density at radius 3 is 2.85 bits per heavy atom. The summed E-state index contributed by atoms with van der Waals surface area (Å²) in [5, 5.41) is 3.40. The Hall–Kier alpha value is -1.26. The van der Waals surface area contributed by atoms with E-state index in [2.05, 4.69) is 5.32 Å². The Balaban J connectivity index is 1.93. The Morgan fingerprint density at radius 2 is 2.15 bits per heavy atom. The van der Waals surface area contributed by atoms with E-state index in [4.69, 9.17) is 14.2 Å². The fourth-order valence-corrected chi connectivity index (χ4v) is 3.26. The quantitative estimate of drug-likeness (QED) is 0.922. The summed E-state index contributed by atoms with van der Waals surface area (Å²) < 4.78 is 17.7. The molecule has 3 rings (SSSR count). The summed E-state index contributed by atoms with van der Waals surface area (Å²) in [6.45, 7) is 4.80. The van der Waals surface area contributed by atoms with Crippen LogP contribution < -0.4 is 14.8 Å². The number of hydrogen-bond donors (Lipinski definition) is 1. The van der Waals surface area contributed by atoms with Gasteiger partial charge in [0.25, 0.3) is 0 Å². The van der Waals surface area contributed by atoms with E-state index < -0.39 is 0 Å². The molecule has 1 unspecified atom stereocenters. The van der Waals surface area contributed by atoms with E-state index in [0.29, 0.717) is 0 Å². The fraction of sp³-hybridized carbons (Fsp3) is 0.625. The van der Waals surface area contributed by atoms with Crippen LogP contribution in [0.4, 0.5) is 0 Å². The first-order valence-corrected chi connectivity index (χ1v) is 7.45. The Labute approximate surface area is 120 Å². The van der Waals surface area contributed by atoms with Crippen molar-refractivity contribution in [2.24, 2.45) is 0 Å². The van der Waals surface area contributed by atoms with Crippen molar-refractivity contribution in [1.82, 2.24) is 5.32 Å². The first-order chi connectivity index (χ1) is 9.76. The van der Waals surface area contributed by atoms with Gasteiger partial charge in [0.1, 0.15) is 17.1 Å². The van der Waals surface area contributed by atoms with Gasteiger partial charge >= 0.3 is 0 Å². The number of fused-ring (bicyclic) bond motifs is 1. The van der Waals surface area contributed by atoms with Gasteiger partial charge in [-0.15, -0.1) is 0 Å². The van der Waals surface area contributed by atoms with Crippen LogP contribution in [-0.2, 0) is 4.74 Å². The molecule has 1 aromatic rings. The fourth-order valence-electron chi connectivity index (χ4n) is 3.26. The van der Waals surface area contributed by atoms with Crippen LogP contribution in [-0.4, -0.2) is 32.4 Å². The van der Waals surface area contributed by atoms with Gasteiger partial charge in [-0.05, 0) is 51.1 Å². The van der Waals surface area contributed by atoms with Gasteiger partial charge in [-0.2, -0.15) is 0 Å². The van der Waals surface area contributed by atoms with E-state index in [1.807, 2.05) is 25.1 Å². The van der Waals surface area contributed by atoms with Gasteiger partial charge in [0.2, 0.25) is 0 Å². The predicted octanol–water partition coefficient (Wildman–Crippen LogP) is 2.68. The predicted molar refractivity (Wildman–Crippen MR) is 77.4 cm³/mol. The largest absolute Gasteiger partial charge is 0.497 e. The van der Waals surface area contributed by atoms with Gasteiger partial charge in [-0.3, -0.25) is 0 Å². The van der Waals surface area contributed by atoms with E-state index in [0.717, 1.165) is 56.0 Å². The molecule has 0 saturated carbocycles. The number of rotatable bonds is 3. The van der Waals surface area contributed by atoms with Gasteiger partial charge in [0.15, 0.2) is 0 Å². The number of benzene rings is 1. The molecule has 1 atom stereocenters. The molecule has 110 valence electrons. The number of methoxy groups -OCH3 is 1. The van der Waals surface area contributed by atoms with Gasteiger partial charge in [-0.1, -0.05) is 0 Å². The van der Waals surface area contributed by atoms with Gasteiger partial charge < -0.3 is 19.5 Å². The number of piperidine rings is 1. The van der Waals surface area contributed by atoms with Crippen LogP contribution in [0.2, 0.25) is 0 Å². The highest BCUT2D eigenvalue weighted by Gasteiger charge is 2.42. The van der Waals surface area contributed by atoms with Crippen molar-refractivity contribution in [3.05, 3.63) is 23.8 Å². The Morgan fingerprint density at radius 1 is 1.35 bits per heavy atom. The number of ether oxygens (including phenoxy) is 3. The summed E-state index contributed by atoms with van der Waals surface area (Å²) in [4.78, 5) is 0. The van der Waals surface area contributed by atoms with Crippen molar-refractivity contribution in [2.75, 3.05) is 26.8 Å². The van der Waals surface area contributed by atoms with Crippen LogP contribution in [0.5, 0.6) is 11.5 Å². The molecule has 0 amide bonds. The molecule has 1 saturated heterocycles. The molecule has 2 aliphatic rings. The van der Waals surface area contributed by atoms with Crippen molar-refractivity contribution in [2.45, 2.75) is 37.9 Å². The lowest BCUT2D eigenvalue weighted by Gasteiger charge is -2.44. The number of nitrogens with one attached hydrogen (secondary N) is 1. The van der Waals surface area contributed by atoms with Crippen LogP contribution in [0.15, 0.2) is 18.2 Å². The summed E-state index contributed by atoms with van der Waals surface area (Å²) in [6.07, 6.45) is 3.13. The summed E-state index contributed by atoms with van der Waals surface area (Å²) in [6, 6.07) is 6.02. The van der Waals surface area contributed by atoms with Crippen molar-refractivity contribution >= 4 is 0 Å². The van der Waals surface area contributed by atoms with E-state index in [1.165, 1.54) is 0 Å². The first-order valence-electron chi connectivity index (χ1n) is 7.45. The van der Waals surface area contributed by atoms with Gasteiger partial charge in [0, 0.05) is 18.6 Å². The van der Waals surface area contributed by atoms with Gasteiger partial charge in [0.05, 0.1) is 13.2 Å². The highest BCUT2D eigenvalue weighted by molar-refractivity contribution is 5.44. The monoisotopic (exact) mass is 277 g/mol. The summed E-state index contributed by atoms with van der Waals surface area (Å²) in [5.74, 6) is 1.82. The molecule has 1 spiro atoms. The second-order valence-electron chi connectivity index (χ2n) is 5.59. The van der Waals surface area contributed by atoms with E-state index >= 15 is 0 Å². The van der Waals surface area contributed by atoms with E-state index in [1.54, 1.807) is 7.11 Å². The molecule has 0 aromatic heterocycles. The van der Waals surface area contributed by atoms with Crippen LogP contribution in [0, 0.1) is 0 Å². The van der Waals surface area contributed by atoms with Crippen molar-refractivity contribution in [3.63, 3.8) is 0 Å². The highest BCUT2D eigenvalue weighted by Crippen LogP contribution is 2.46. The van der Waals surface area contributed by atoms with Crippen LogP contribution >= 0.6 is 0 Å². The van der Waals surface area contributed by atoms with E-state index in [9.17, 15) is 0 Å². The molecular weight excluding hydrogens is 254 g/mol. The summed E-state index contributed by atoms with van der Waals surface area (Å²) >= 11 is 0. The third kappa shape index (κ3) is 2.50. The van der Waals surface area contributed by atoms with Gasteiger partial charge in [-0.25, -0.2) is 0 Å². The molecule has 20 heavy (non-hydrogen) atoms.